The summed E-state index contributed by atoms with van der Waals surface area (Å²) in [5.74, 6) is 0.936. The van der Waals surface area contributed by atoms with Crippen molar-refractivity contribution in [3.8, 4) is 5.75 Å². The predicted octanol–water partition coefficient (Wildman–Crippen LogP) is 10.2. The van der Waals surface area contributed by atoms with E-state index in [2.05, 4.69) is 19.2 Å². The molecule has 2 rings (SSSR count). The molecular weight excluding hydrogens is 448 g/mol. The second-order valence-corrected chi connectivity index (χ2v) is 10.3. The zero-order valence-electron chi connectivity index (χ0n) is 22.1. The van der Waals surface area contributed by atoms with Crippen LogP contribution in [0.3, 0.4) is 0 Å². The van der Waals surface area contributed by atoms with Crippen LogP contribution < -0.4 is 4.74 Å². The molecule has 0 saturated carbocycles. The van der Waals surface area contributed by atoms with Crippen molar-refractivity contribution < 1.29 is 9.53 Å². The number of rotatable bonds is 20. The fourth-order valence-corrected chi connectivity index (χ4v) is 4.78. The zero-order valence-corrected chi connectivity index (χ0v) is 22.9. The fraction of sp³-hybridized carbons (Fsp3) is 0.531. The summed E-state index contributed by atoms with van der Waals surface area (Å²) in [6.45, 7) is 3.03. The van der Waals surface area contributed by atoms with Gasteiger partial charge in [0.2, 0.25) is 0 Å². The number of carbonyl (C=O) groups excluding carboxylic acids is 1. The first-order valence-corrected chi connectivity index (χ1v) is 15.1. The summed E-state index contributed by atoms with van der Waals surface area (Å²) in [5.41, 5.74) is 1.70. The monoisotopic (exact) mass is 494 g/mol. The van der Waals surface area contributed by atoms with Gasteiger partial charge in [0.25, 0.3) is 0 Å². The van der Waals surface area contributed by atoms with Gasteiger partial charge in [-0.25, -0.2) is 0 Å². The van der Waals surface area contributed by atoms with E-state index in [-0.39, 0.29) is 5.78 Å². The molecule has 0 bridgehead atoms. The molecule has 0 amide bonds. The van der Waals surface area contributed by atoms with E-state index < -0.39 is 0 Å². The van der Waals surface area contributed by atoms with Gasteiger partial charge in [0, 0.05) is 10.5 Å². The van der Waals surface area contributed by atoms with Crippen molar-refractivity contribution in [3.63, 3.8) is 0 Å². The van der Waals surface area contributed by atoms with Crippen LogP contribution in [0.5, 0.6) is 5.75 Å². The van der Waals surface area contributed by atoms with Gasteiger partial charge in [-0.3, -0.25) is 4.79 Å². The molecule has 0 aliphatic rings. The maximum atomic E-state index is 12.3. The van der Waals surface area contributed by atoms with Gasteiger partial charge in [0.15, 0.2) is 5.78 Å². The second-order valence-electron chi connectivity index (χ2n) is 9.42. The smallest absolute Gasteiger partial charge is 0.185 e. The van der Waals surface area contributed by atoms with Gasteiger partial charge in [-0.2, -0.15) is 0 Å². The van der Waals surface area contributed by atoms with Gasteiger partial charge in [-0.1, -0.05) is 133 Å². The molecule has 0 atom stereocenters. The molecule has 3 heteroatoms. The average molecular weight is 495 g/mol. The van der Waals surface area contributed by atoms with Crippen LogP contribution in [0.1, 0.15) is 113 Å². The lowest BCUT2D eigenvalue weighted by Gasteiger charge is -2.11. The molecule has 0 aliphatic carbocycles. The van der Waals surface area contributed by atoms with E-state index >= 15 is 0 Å². The third-order valence-electron chi connectivity index (χ3n) is 6.43. The summed E-state index contributed by atoms with van der Waals surface area (Å²) in [4.78, 5) is 13.5. The molecule has 0 radical (unpaired) electrons. The van der Waals surface area contributed by atoms with Crippen molar-refractivity contribution in [1.29, 1.82) is 0 Å². The molecule has 0 heterocycles. The lowest BCUT2D eigenvalue weighted by molar-refractivity contribution is 0.104. The van der Waals surface area contributed by atoms with Gasteiger partial charge >= 0.3 is 0 Å². The highest BCUT2D eigenvalue weighted by atomic mass is 32.2. The third kappa shape index (κ3) is 13.0. The Morgan fingerprint density at radius 1 is 0.771 bits per heavy atom. The molecule has 0 saturated heterocycles. The topological polar surface area (TPSA) is 26.3 Å². The summed E-state index contributed by atoms with van der Waals surface area (Å²) < 4.78 is 6.13. The number of carbonyl (C=O) groups is 1. The van der Waals surface area contributed by atoms with Crippen LogP contribution in [-0.4, -0.2) is 18.6 Å². The molecule has 35 heavy (non-hydrogen) atoms. The summed E-state index contributed by atoms with van der Waals surface area (Å²) in [5, 5.41) is 0. The van der Waals surface area contributed by atoms with E-state index in [1.54, 1.807) is 17.8 Å². The van der Waals surface area contributed by atoms with Gasteiger partial charge < -0.3 is 4.74 Å². The van der Waals surface area contributed by atoms with Crippen LogP contribution in [0.4, 0.5) is 0 Å². The quantitative estimate of drug-likeness (QED) is 0.0792. The van der Waals surface area contributed by atoms with Gasteiger partial charge in [0.1, 0.15) is 5.75 Å². The van der Waals surface area contributed by atoms with Gasteiger partial charge in [-0.15, -0.1) is 11.8 Å². The summed E-state index contributed by atoms with van der Waals surface area (Å²) in [6, 6.07) is 15.5. The summed E-state index contributed by atoms with van der Waals surface area (Å²) in [7, 11) is 0. The van der Waals surface area contributed by atoms with Crippen LogP contribution >= 0.6 is 11.8 Å². The van der Waals surface area contributed by atoms with E-state index in [0.29, 0.717) is 5.56 Å². The lowest BCUT2D eigenvalue weighted by atomic mass is 10.0. The van der Waals surface area contributed by atoms with E-state index in [9.17, 15) is 4.79 Å². The minimum atomic E-state index is 0.0180. The van der Waals surface area contributed by atoms with Crippen molar-refractivity contribution in [2.75, 3.05) is 12.9 Å². The minimum Gasteiger partial charge on any atom is -0.492 e. The maximum Gasteiger partial charge on any atom is 0.185 e. The first-order valence-electron chi connectivity index (χ1n) is 13.8. The van der Waals surface area contributed by atoms with E-state index in [1.165, 1.54) is 83.5 Å². The van der Waals surface area contributed by atoms with E-state index in [0.717, 1.165) is 29.2 Å². The fourth-order valence-electron chi connectivity index (χ4n) is 4.26. The normalized spacial score (nSPS) is 11.3. The SMILES string of the molecule is CCCCCCCCCCCCCCCCOc1cc(C=CC(=O)c2ccccc2)ccc1SC. The zero-order chi connectivity index (χ0) is 25.0. The van der Waals surface area contributed by atoms with E-state index in [1.807, 2.05) is 48.5 Å². The number of ether oxygens (including phenoxy) is 1. The largest absolute Gasteiger partial charge is 0.492 e. The lowest BCUT2D eigenvalue weighted by Crippen LogP contribution is -1.99. The standard InChI is InChI=1S/C32H46O2S/c1-3-4-5-6-7-8-9-10-11-12-13-14-15-19-26-34-31-27-28(23-25-32(31)35-2)22-24-30(33)29-20-17-16-18-21-29/h16-18,20-25,27H,3-15,19,26H2,1-2H3. The van der Waals surface area contributed by atoms with Crippen molar-refractivity contribution in [3.05, 3.63) is 65.7 Å². The van der Waals surface area contributed by atoms with Crippen molar-refractivity contribution in [1.82, 2.24) is 0 Å². The molecule has 2 aromatic carbocycles. The molecule has 0 spiro atoms. The summed E-state index contributed by atoms with van der Waals surface area (Å²) >= 11 is 1.70. The number of benzene rings is 2. The van der Waals surface area contributed by atoms with Crippen LogP contribution in [0.2, 0.25) is 0 Å². The Kier molecular flexibility index (Phi) is 16.1. The molecule has 2 nitrogen and oxygen atoms in total. The Morgan fingerprint density at radius 2 is 1.34 bits per heavy atom. The maximum absolute atomic E-state index is 12.3. The molecule has 0 aliphatic heterocycles. The Morgan fingerprint density at radius 3 is 1.91 bits per heavy atom. The predicted molar refractivity (Wildman–Crippen MR) is 154 cm³/mol. The van der Waals surface area contributed by atoms with E-state index in [4.69, 9.17) is 4.74 Å². The van der Waals surface area contributed by atoms with Gasteiger partial charge in [-0.05, 0) is 36.4 Å². The number of unbranched alkanes of at least 4 members (excludes halogenated alkanes) is 13. The number of ketones is 1. The Labute approximate surface area is 218 Å². The number of hydrogen-bond donors (Lipinski definition) is 0. The van der Waals surface area contributed by atoms with Crippen LogP contribution in [0.25, 0.3) is 6.08 Å². The third-order valence-corrected chi connectivity index (χ3v) is 7.21. The van der Waals surface area contributed by atoms with Gasteiger partial charge in [0.05, 0.1) is 6.61 Å². The second kappa shape index (κ2) is 19.2. The molecule has 0 N–H and O–H groups in total. The molecule has 0 unspecified atom stereocenters. The Balaban J connectivity index is 1.59. The molecule has 2 aromatic rings. The average Bonchev–Trinajstić information content (AvgIpc) is 2.90. The first-order chi connectivity index (χ1) is 17.2. The highest BCUT2D eigenvalue weighted by Crippen LogP contribution is 2.29. The first kappa shape index (κ1) is 29.2. The van der Waals surface area contributed by atoms with Crippen LogP contribution in [0, 0.1) is 0 Å². The highest BCUT2D eigenvalue weighted by Gasteiger charge is 2.05. The molecular formula is C32H46O2S. The number of thioether (sulfide) groups is 1. The van der Waals surface area contributed by atoms with Crippen LogP contribution in [-0.2, 0) is 0 Å². The van der Waals surface area contributed by atoms with Crippen molar-refractivity contribution >= 4 is 23.6 Å². The van der Waals surface area contributed by atoms with Crippen LogP contribution in [0.15, 0.2) is 59.5 Å². The van der Waals surface area contributed by atoms with Crippen molar-refractivity contribution in [2.24, 2.45) is 0 Å². The Hall–Kier alpha value is -2.00. The highest BCUT2D eigenvalue weighted by molar-refractivity contribution is 7.98. The molecule has 192 valence electrons. The molecule has 0 aromatic heterocycles. The number of allylic oxidation sites excluding steroid dienone is 1. The molecule has 0 fully saturated rings. The minimum absolute atomic E-state index is 0.0180. The number of hydrogen-bond acceptors (Lipinski definition) is 3. The summed E-state index contributed by atoms with van der Waals surface area (Å²) in [6.07, 6.45) is 24.7. The van der Waals surface area contributed by atoms with Crippen molar-refractivity contribution in [2.45, 2.75) is 102 Å². The Bertz CT molecular complexity index is 844.